The average Bonchev–Trinajstić information content (AvgIpc) is 3.03. The molecule has 1 amide bonds. The molecule has 0 N–H and O–H groups in total. The molecule has 0 radical (unpaired) electrons. The Morgan fingerprint density at radius 3 is 2.69 bits per heavy atom. The second-order valence-corrected chi connectivity index (χ2v) is 7.04. The number of hydrogen-bond donors (Lipinski definition) is 0. The summed E-state index contributed by atoms with van der Waals surface area (Å²) in [6.45, 7) is 8.75. The van der Waals surface area contributed by atoms with Gasteiger partial charge in [0.05, 0.1) is 0 Å². The van der Waals surface area contributed by atoms with E-state index in [0.29, 0.717) is 11.7 Å². The van der Waals surface area contributed by atoms with Crippen LogP contribution in [0.15, 0.2) is 36.7 Å². The lowest BCUT2D eigenvalue weighted by molar-refractivity contribution is 0.0637. The van der Waals surface area contributed by atoms with E-state index in [9.17, 15) is 4.79 Å². The first kappa shape index (κ1) is 17.0. The van der Waals surface area contributed by atoms with Gasteiger partial charge in [0.2, 0.25) is 0 Å². The molecular weight excluding hydrogens is 326 g/mol. The summed E-state index contributed by atoms with van der Waals surface area (Å²) < 4.78 is 0. The lowest BCUT2D eigenvalue weighted by Crippen LogP contribution is -2.48. The number of rotatable bonds is 3. The molecule has 1 atom stereocenters. The highest BCUT2D eigenvalue weighted by Gasteiger charge is 2.29. The monoisotopic (exact) mass is 351 g/mol. The van der Waals surface area contributed by atoms with E-state index in [1.807, 2.05) is 17.0 Å². The molecule has 6 heteroatoms. The molecule has 3 heterocycles. The normalized spacial score (nSPS) is 20.3. The lowest BCUT2D eigenvalue weighted by Gasteiger charge is -2.34. The van der Waals surface area contributed by atoms with E-state index in [1.54, 1.807) is 0 Å². The standard InChI is InChI=1S/C20H25N5O/c1-3-23-8-10-24(11-9-23)20(26)17-13-19(22-14-21-17)25-15(2)12-16-6-4-5-7-18(16)25/h4-7,13-15H,3,8-12H2,1-2H3. The average molecular weight is 351 g/mol. The van der Waals surface area contributed by atoms with Gasteiger partial charge in [-0.15, -0.1) is 0 Å². The van der Waals surface area contributed by atoms with Crippen molar-refractivity contribution in [2.24, 2.45) is 0 Å². The molecule has 0 aliphatic carbocycles. The number of carbonyl (C=O) groups is 1. The van der Waals surface area contributed by atoms with Crippen molar-refractivity contribution in [3.63, 3.8) is 0 Å². The molecule has 136 valence electrons. The fourth-order valence-electron chi connectivity index (χ4n) is 3.94. The van der Waals surface area contributed by atoms with Crippen LogP contribution in [-0.2, 0) is 6.42 Å². The third-order valence-electron chi connectivity index (χ3n) is 5.43. The number of piperazine rings is 1. The molecule has 0 bridgehead atoms. The van der Waals surface area contributed by atoms with Gasteiger partial charge in [-0.2, -0.15) is 0 Å². The van der Waals surface area contributed by atoms with E-state index in [-0.39, 0.29) is 5.91 Å². The number of aromatic nitrogens is 2. The molecule has 1 unspecified atom stereocenters. The van der Waals surface area contributed by atoms with Crippen molar-refractivity contribution in [2.75, 3.05) is 37.6 Å². The van der Waals surface area contributed by atoms with Gasteiger partial charge in [-0.1, -0.05) is 25.1 Å². The van der Waals surface area contributed by atoms with E-state index < -0.39 is 0 Å². The maximum absolute atomic E-state index is 12.9. The van der Waals surface area contributed by atoms with Crippen LogP contribution in [0.1, 0.15) is 29.9 Å². The first-order valence-electron chi connectivity index (χ1n) is 9.38. The summed E-state index contributed by atoms with van der Waals surface area (Å²) in [5.41, 5.74) is 2.98. The SMILES string of the molecule is CCN1CCN(C(=O)c2cc(N3c4ccccc4CC3C)ncn2)CC1. The maximum Gasteiger partial charge on any atom is 0.272 e. The molecule has 6 nitrogen and oxygen atoms in total. The number of para-hydroxylation sites is 1. The fourth-order valence-corrected chi connectivity index (χ4v) is 3.94. The Bertz CT molecular complexity index is 800. The highest BCUT2D eigenvalue weighted by molar-refractivity contribution is 5.93. The smallest absolute Gasteiger partial charge is 0.272 e. The van der Waals surface area contributed by atoms with Crippen molar-refractivity contribution in [3.05, 3.63) is 47.9 Å². The van der Waals surface area contributed by atoms with Crippen molar-refractivity contribution in [1.82, 2.24) is 19.8 Å². The Labute approximate surface area is 154 Å². The van der Waals surface area contributed by atoms with E-state index >= 15 is 0 Å². The molecule has 0 saturated carbocycles. The van der Waals surface area contributed by atoms with Gasteiger partial charge in [0.15, 0.2) is 0 Å². The minimum atomic E-state index is 0.00420. The number of benzene rings is 1. The molecule has 1 aromatic heterocycles. The van der Waals surface area contributed by atoms with Crippen LogP contribution in [0.2, 0.25) is 0 Å². The summed E-state index contributed by atoms with van der Waals surface area (Å²) in [5.74, 6) is 0.803. The third-order valence-corrected chi connectivity index (χ3v) is 5.43. The Balaban J connectivity index is 1.57. The number of anilines is 2. The van der Waals surface area contributed by atoms with Gasteiger partial charge in [0.1, 0.15) is 17.8 Å². The molecule has 26 heavy (non-hydrogen) atoms. The molecule has 1 fully saturated rings. The lowest BCUT2D eigenvalue weighted by atomic mass is 10.1. The molecule has 2 aliphatic heterocycles. The summed E-state index contributed by atoms with van der Waals surface area (Å²) in [6, 6.07) is 10.6. The Kier molecular flexibility index (Phi) is 4.59. The summed E-state index contributed by atoms with van der Waals surface area (Å²) in [6.07, 6.45) is 2.50. The minimum Gasteiger partial charge on any atom is -0.335 e. The topological polar surface area (TPSA) is 52.6 Å². The zero-order valence-electron chi connectivity index (χ0n) is 15.4. The van der Waals surface area contributed by atoms with Crippen LogP contribution in [0.3, 0.4) is 0 Å². The predicted octanol–water partition coefficient (Wildman–Crippen LogP) is 2.34. The van der Waals surface area contributed by atoms with Crippen molar-refractivity contribution >= 4 is 17.4 Å². The van der Waals surface area contributed by atoms with Crippen molar-refractivity contribution in [3.8, 4) is 0 Å². The van der Waals surface area contributed by atoms with Crippen LogP contribution in [0.25, 0.3) is 0 Å². The Morgan fingerprint density at radius 2 is 1.92 bits per heavy atom. The molecule has 1 aromatic carbocycles. The van der Waals surface area contributed by atoms with E-state index in [0.717, 1.165) is 45.0 Å². The van der Waals surface area contributed by atoms with Gasteiger partial charge in [-0.05, 0) is 31.5 Å². The van der Waals surface area contributed by atoms with E-state index in [2.05, 4.69) is 51.8 Å². The molecule has 2 aliphatic rings. The third kappa shape index (κ3) is 3.05. The highest BCUT2D eigenvalue weighted by Crippen LogP contribution is 2.37. The van der Waals surface area contributed by atoms with Crippen molar-refractivity contribution in [2.45, 2.75) is 26.3 Å². The number of fused-ring (bicyclic) bond motifs is 1. The largest absolute Gasteiger partial charge is 0.335 e. The zero-order valence-corrected chi connectivity index (χ0v) is 15.4. The Hall–Kier alpha value is -2.47. The zero-order chi connectivity index (χ0) is 18.1. The van der Waals surface area contributed by atoms with Gasteiger partial charge in [-0.25, -0.2) is 9.97 Å². The second kappa shape index (κ2) is 7.03. The van der Waals surface area contributed by atoms with Gasteiger partial charge in [0, 0.05) is 44.0 Å². The van der Waals surface area contributed by atoms with Crippen LogP contribution in [-0.4, -0.2) is 64.4 Å². The number of nitrogens with zero attached hydrogens (tertiary/aromatic N) is 5. The minimum absolute atomic E-state index is 0.00420. The molecule has 4 rings (SSSR count). The van der Waals surface area contributed by atoms with Crippen molar-refractivity contribution < 1.29 is 4.79 Å². The Morgan fingerprint density at radius 1 is 1.15 bits per heavy atom. The molecule has 1 saturated heterocycles. The maximum atomic E-state index is 12.9. The van der Waals surface area contributed by atoms with Crippen LogP contribution in [0, 0.1) is 0 Å². The van der Waals surface area contributed by atoms with Crippen LogP contribution >= 0.6 is 0 Å². The first-order valence-corrected chi connectivity index (χ1v) is 9.38. The van der Waals surface area contributed by atoms with E-state index in [4.69, 9.17) is 0 Å². The van der Waals surface area contributed by atoms with Crippen molar-refractivity contribution in [1.29, 1.82) is 0 Å². The van der Waals surface area contributed by atoms with E-state index in [1.165, 1.54) is 17.6 Å². The fraction of sp³-hybridized carbons (Fsp3) is 0.450. The second-order valence-electron chi connectivity index (χ2n) is 7.04. The molecular formula is C20H25N5O. The highest BCUT2D eigenvalue weighted by atomic mass is 16.2. The summed E-state index contributed by atoms with van der Waals surface area (Å²) >= 11 is 0. The van der Waals surface area contributed by atoms with Crippen LogP contribution in [0.5, 0.6) is 0 Å². The van der Waals surface area contributed by atoms with Gasteiger partial charge in [0.25, 0.3) is 5.91 Å². The summed E-state index contributed by atoms with van der Waals surface area (Å²) in [7, 11) is 0. The molecule has 0 spiro atoms. The quantitative estimate of drug-likeness (QED) is 0.850. The van der Waals surface area contributed by atoms with Gasteiger partial charge >= 0.3 is 0 Å². The number of likely N-dealkylation sites (N-methyl/N-ethyl adjacent to an activating group) is 1. The predicted molar refractivity (Wildman–Crippen MR) is 102 cm³/mol. The molecule has 2 aromatic rings. The van der Waals surface area contributed by atoms with Gasteiger partial charge in [-0.3, -0.25) is 4.79 Å². The summed E-state index contributed by atoms with van der Waals surface area (Å²) in [4.78, 5) is 28.1. The van der Waals surface area contributed by atoms with Gasteiger partial charge < -0.3 is 14.7 Å². The number of hydrogen-bond acceptors (Lipinski definition) is 5. The number of amides is 1. The first-order chi connectivity index (χ1) is 12.7. The number of carbonyl (C=O) groups excluding carboxylic acids is 1. The van der Waals surface area contributed by atoms with Crippen LogP contribution < -0.4 is 4.90 Å². The summed E-state index contributed by atoms with van der Waals surface area (Å²) in [5, 5.41) is 0. The van der Waals surface area contributed by atoms with Crippen LogP contribution in [0.4, 0.5) is 11.5 Å².